The number of alkyl halides is 3. The Labute approximate surface area is 159 Å². The molecular weight excluding hydrogens is 371 g/mol. The maximum absolute atomic E-state index is 12.8. The molecular formula is C21H18F3NO3. The monoisotopic (exact) mass is 389 g/mol. The van der Waals surface area contributed by atoms with Gasteiger partial charge in [0.1, 0.15) is 11.5 Å². The predicted molar refractivity (Wildman–Crippen MR) is 98.9 cm³/mol. The van der Waals surface area contributed by atoms with Crippen molar-refractivity contribution >= 4 is 11.7 Å². The van der Waals surface area contributed by atoms with Crippen molar-refractivity contribution in [1.82, 2.24) is 0 Å². The summed E-state index contributed by atoms with van der Waals surface area (Å²) in [5, 5.41) is 3.13. The second kappa shape index (κ2) is 8.21. The first-order valence-electron chi connectivity index (χ1n) is 8.64. The van der Waals surface area contributed by atoms with Gasteiger partial charge in [0.25, 0.3) is 0 Å². The zero-order valence-corrected chi connectivity index (χ0v) is 15.0. The van der Waals surface area contributed by atoms with E-state index < -0.39 is 11.7 Å². The number of hydrogen-bond donors (Lipinski definition) is 1. The summed E-state index contributed by atoms with van der Waals surface area (Å²) in [6, 6.07) is 15.1. The van der Waals surface area contributed by atoms with Crippen LogP contribution in [-0.4, -0.2) is 12.6 Å². The first-order chi connectivity index (χ1) is 13.4. The number of furan rings is 1. The lowest BCUT2D eigenvalue weighted by molar-refractivity contribution is -0.137. The van der Waals surface area contributed by atoms with Crippen molar-refractivity contribution in [3.8, 4) is 11.3 Å². The van der Waals surface area contributed by atoms with Gasteiger partial charge in [0.15, 0.2) is 0 Å². The fourth-order valence-electron chi connectivity index (χ4n) is 2.60. The van der Waals surface area contributed by atoms with Crippen LogP contribution in [0.2, 0.25) is 0 Å². The highest BCUT2D eigenvalue weighted by molar-refractivity contribution is 5.89. The molecule has 0 aliphatic rings. The fourth-order valence-corrected chi connectivity index (χ4v) is 2.60. The van der Waals surface area contributed by atoms with Crippen LogP contribution in [-0.2, 0) is 17.5 Å². The third kappa shape index (κ3) is 4.73. The number of carbonyl (C=O) groups excluding carboxylic acids is 1. The minimum Gasteiger partial charge on any atom is -0.462 e. The standard InChI is InChI=1S/C21H18F3NO3/c1-2-27-20(26)14-6-8-17(9-7-14)25-13-18-10-11-19(28-18)15-4-3-5-16(12-15)21(22,23)24/h3-12,25H,2,13H2,1H3. The Morgan fingerprint density at radius 2 is 1.82 bits per heavy atom. The Kier molecular flexibility index (Phi) is 5.73. The summed E-state index contributed by atoms with van der Waals surface area (Å²) in [5.41, 5.74) is 0.866. The molecule has 146 valence electrons. The van der Waals surface area contributed by atoms with Crippen molar-refractivity contribution in [2.24, 2.45) is 0 Å². The number of benzene rings is 2. The molecule has 1 aromatic heterocycles. The van der Waals surface area contributed by atoms with Crippen molar-refractivity contribution in [2.45, 2.75) is 19.6 Å². The quantitative estimate of drug-likeness (QED) is 0.545. The Hall–Kier alpha value is -3.22. The molecule has 0 amide bonds. The maximum Gasteiger partial charge on any atom is 0.416 e. The Morgan fingerprint density at radius 1 is 1.07 bits per heavy atom. The summed E-state index contributed by atoms with van der Waals surface area (Å²) in [7, 11) is 0. The minimum absolute atomic E-state index is 0.311. The average molecular weight is 389 g/mol. The van der Waals surface area contributed by atoms with E-state index in [1.54, 1.807) is 49.4 Å². The van der Waals surface area contributed by atoms with Crippen molar-refractivity contribution in [3.63, 3.8) is 0 Å². The van der Waals surface area contributed by atoms with E-state index in [9.17, 15) is 18.0 Å². The fraction of sp³-hybridized carbons (Fsp3) is 0.190. The van der Waals surface area contributed by atoms with Gasteiger partial charge in [-0.3, -0.25) is 0 Å². The first kappa shape index (κ1) is 19.5. The smallest absolute Gasteiger partial charge is 0.416 e. The van der Waals surface area contributed by atoms with Gasteiger partial charge in [0, 0.05) is 11.3 Å². The molecule has 0 fully saturated rings. The van der Waals surface area contributed by atoms with Crippen molar-refractivity contribution in [3.05, 3.63) is 77.6 Å². The molecule has 28 heavy (non-hydrogen) atoms. The van der Waals surface area contributed by atoms with Gasteiger partial charge < -0.3 is 14.5 Å². The molecule has 2 aromatic carbocycles. The van der Waals surface area contributed by atoms with Crippen LogP contribution in [0.15, 0.2) is 65.1 Å². The van der Waals surface area contributed by atoms with Gasteiger partial charge in [-0.2, -0.15) is 13.2 Å². The van der Waals surface area contributed by atoms with Crippen LogP contribution in [0.25, 0.3) is 11.3 Å². The van der Waals surface area contributed by atoms with Crippen LogP contribution in [0, 0.1) is 0 Å². The second-order valence-electron chi connectivity index (χ2n) is 6.00. The largest absolute Gasteiger partial charge is 0.462 e. The topological polar surface area (TPSA) is 51.5 Å². The Bertz CT molecular complexity index is 946. The van der Waals surface area contributed by atoms with E-state index in [0.29, 0.717) is 35.8 Å². The van der Waals surface area contributed by atoms with E-state index in [4.69, 9.17) is 9.15 Å². The lowest BCUT2D eigenvalue weighted by Crippen LogP contribution is -2.05. The lowest BCUT2D eigenvalue weighted by atomic mass is 10.1. The molecule has 4 nitrogen and oxygen atoms in total. The first-order valence-corrected chi connectivity index (χ1v) is 8.64. The number of carbonyl (C=O) groups is 1. The minimum atomic E-state index is -4.40. The number of nitrogens with one attached hydrogen (secondary N) is 1. The zero-order chi connectivity index (χ0) is 20.1. The number of halogens is 3. The average Bonchev–Trinajstić information content (AvgIpc) is 3.15. The maximum atomic E-state index is 12.8. The normalized spacial score (nSPS) is 11.3. The summed E-state index contributed by atoms with van der Waals surface area (Å²) in [6.07, 6.45) is -4.40. The Balaban J connectivity index is 1.65. The third-order valence-electron chi connectivity index (χ3n) is 4.00. The molecule has 1 N–H and O–H groups in total. The van der Waals surface area contributed by atoms with Crippen LogP contribution in [0.3, 0.4) is 0 Å². The molecule has 0 aliphatic heterocycles. The van der Waals surface area contributed by atoms with Gasteiger partial charge in [-0.15, -0.1) is 0 Å². The number of ether oxygens (including phenoxy) is 1. The number of anilines is 1. The number of hydrogen-bond acceptors (Lipinski definition) is 4. The van der Waals surface area contributed by atoms with E-state index in [1.165, 1.54) is 6.07 Å². The molecule has 3 rings (SSSR count). The van der Waals surface area contributed by atoms with Crippen LogP contribution in [0.1, 0.15) is 28.6 Å². The predicted octanol–water partition coefficient (Wildman–Crippen LogP) is 5.75. The summed E-state index contributed by atoms with van der Waals surface area (Å²) < 4.78 is 49.1. The highest BCUT2D eigenvalue weighted by Crippen LogP contribution is 2.32. The van der Waals surface area contributed by atoms with E-state index in [2.05, 4.69) is 5.32 Å². The molecule has 7 heteroatoms. The lowest BCUT2D eigenvalue weighted by Gasteiger charge is -2.08. The van der Waals surface area contributed by atoms with Crippen LogP contribution in [0.5, 0.6) is 0 Å². The van der Waals surface area contributed by atoms with E-state index in [0.717, 1.165) is 17.8 Å². The van der Waals surface area contributed by atoms with Crippen molar-refractivity contribution in [2.75, 3.05) is 11.9 Å². The van der Waals surface area contributed by atoms with Crippen LogP contribution in [0.4, 0.5) is 18.9 Å². The summed E-state index contributed by atoms with van der Waals surface area (Å²) >= 11 is 0. The highest BCUT2D eigenvalue weighted by atomic mass is 19.4. The molecule has 1 heterocycles. The second-order valence-corrected chi connectivity index (χ2v) is 6.00. The van der Waals surface area contributed by atoms with Crippen LogP contribution < -0.4 is 5.32 Å². The molecule has 0 bridgehead atoms. The van der Waals surface area contributed by atoms with Gasteiger partial charge >= 0.3 is 12.1 Å². The zero-order valence-electron chi connectivity index (χ0n) is 15.0. The number of rotatable bonds is 6. The summed E-state index contributed by atoms with van der Waals surface area (Å²) in [4.78, 5) is 11.6. The Morgan fingerprint density at radius 3 is 2.50 bits per heavy atom. The van der Waals surface area contributed by atoms with Crippen molar-refractivity contribution in [1.29, 1.82) is 0 Å². The highest BCUT2D eigenvalue weighted by Gasteiger charge is 2.30. The molecule has 0 aliphatic carbocycles. The van der Waals surface area contributed by atoms with Gasteiger partial charge in [0.05, 0.1) is 24.3 Å². The molecule has 0 saturated carbocycles. The molecule has 0 atom stereocenters. The summed E-state index contributed by atoms with van der Waals surface area (Å²) in [5.74, 6) is 0.549. The van der Waals surface area contributed by atoms with Crippen molar-refractivity contribution < 1.29 is 27.1 Å². The molecule has 0 unspecified atom stereocenters. The third-order valence-corrected chi connectivity index (χ3v) is 4.00. The van der Waals surface area contributed by atoms with Crippen LogP contribution >= 0.6 is 0 Å². The molecule has 0 radical (unpaired) electrons. The molecule has 3 aromatic rings. The van der Waals surface area contributed by atoms with E-state index in [-0.39, 0.29) is 5.97 Å². The molecule has 0 saturated heterocycles. The molecule has 0 spiro atoms. The van der Waals surface area contributed by atoms with E-state index >= 15 is 0 Å². The number of esters is 1. The van der Waals surface area contributed by atoms with E-state index in [1.807, 2.05) is 0 Å². The van der Waals surface area contributed by atoms with Gasteiger partial charge in [0.2, 0.25) is 0 Å². The summed E-state index contributed by atoms with van der Waals surface area (Å²) in [6.45, 7) is 2.40. The van der Waals surface area contributed by atoms with Gasteiger partial charge in [-0.05, 0) is 55.5 Å². The van der Waals surface area contributed by atoms with Gasteiger partial charge in [-0.1, -0.05) is 12.1 Å². The SMILES string of the molecule is CCOC(=O)c1ccc(NCc2ccc(-c3cccc(C(F)(F)F)c3)o2)cc1. The van der Waals surface area contributed by atoms with Gasteiger partial charge in [-0.25, -0.2) is 4.79 Å².